The Balaban J connectivity index is 2.45. The van der Waals surface area contributed by atoms with Crippen LogP contribution in [-0.2, 0) is 11.2 Å². The number of rotatable bonds is 2. The molecule has 2 rings (SSSR count). The van der Waals surface area contributed by atoms with Gasteiger partial charge in [-0.1, -0.05) is 0 Å². The van der Waals surface area contributed by atoms with E-state index >= 15 is 0 Å². The Morgan fingerprint density at radius 1 is 1.40 bits per heavy atom. The standard InChI is InChI=1S/C11H13F2NO/c1-14-6-10-11-7(4-5-15-10)8(12)2-3-9(11)13/h2-3,10,14H,4-6H2,1H3/t10-/m0/s1. The molecule has 0 fully saturated rings. The van der Waals surface area contributed by atoms with Crippen molar-refractivity contribution in [2.75, 3.05) is 20.2 Å². The Morgan fingerprint density at radius 3 is 2.87 bits per heavy atom. The largest absolute Gasteiger partial charge is 0.372 e. The number of halogens is 2. The highest BCUT2D eigenvalue weighted by Crippen LogP contribution is 2.30. The number of benzene rings is 1. The Kier molecular flexibility index (Phi) is 2.98. The first-order valence-electron chi connectivity index (χ1n) is 4.97. The molecular weight excluding hydrogens is 200 g/mol. The lowest BCUT2D eigenvalue weighted by Gasteiger charge is -2.26. The average Bonchev–Trinajstić information content (AvgIpc) is 2.24. The molecule has 1 atom stereocenters. The fourth-order valence-electron chi connectivity index (χ4n) is 1.94. The number of nitrogens with one attached hydrogen (secondary N) is 1. The van der Waals surface area contributed by atoms with Crippen LogP contribution in [0.15, 0.2) is 12.1 Å². The summed E-state index contributed by atoms with van der Waals surface area (Å²) >= 11 is 0. The molecule has 0 radical (unpaired) electrons. The van der Waals surface area contributed by atoms with Crippen LogP contribution in [0.4, 0.5) is 8.78 Å². The van der Waals surface area contributed by atoms with E-state index in [4.69, 9.17) is 4.74 Å². The van der Waals surface area contributed by atoms with Gasteiger partial charge in [-0.25, -0.2) is 8.78 Å². The highest BCUT2D eigenvalue weighted by molar-refractivity contribution is 5.34. The van der Waals surface area contributed by atoms with Crippen LogP contribution in [0.1, 0.15) is 17.2 Å². The van der Waals surface area contributed by atoms with Crippen LogP contribution in [0.5, 0.6) is 0 Å². The summed E-state index contributed by atoms with van der Waals surface area (Å²) < 4.78 is 32.4. The summed E-state index contributed by atoms with van der Waals surface area (Å²) in [6, 6.07) is 2.33. The SMILES string of the molecule is CNC[C@@H]1OCCc2c(F)ccc(F)c21. The highest BCUT2D eigenvalue weighted by Gasteiger charge is 2.26. The quantitative estimate of drug-likeness (QED) is 0.808. The Labute approximate surface area is 87.2 Å². The van der Waals surface area contributed by atoms with E-state index in [1.54, 1.807) is 7.05 Å². The first-order chi connectivity index (χ1) is 7.24. The zero-order valence-electron chi connectivity index (χ0n) is 8.52. The van der Waals surface area contributed by atoms with Crippen molar-refractivity contribution in [2.24, 2.45) is 0 Å². The first-order valence-corrected chi connectivity index (χ1v) is 4.97. The third kappa shape index (κ3) is 1.87. The zero-order valence-corrected chi connectivity index (χ0v) is 8.52. The summed E-state index contributed by atoms with van der Waals surface area (Å²) in [5.74, 6) is -0.720. The lowest BCUT2D eigenvalue weighted by atomic mass is 9.96. The second kappa shape index (κ2) is 4.24. The minimum Gasteiger partial charge on any atom is -0.372 e. The predicted octanol–water partition coefficient (Wildman–Crippen LogP) is 1.80. The van der Waals surface area contributed by atoms with Crippen LogP contribution in [0.3, 0.4) is 0 Å². The summed E-state index contributed by atoms with van der Waals surface area (Å²) in [6.45, 7) is 0.938. The Morgan fingerprint density at radius 2 is 2.13 bits per heavy atom. The van der Waals surface area contributed by atoms with E-state index in [1.807, 2.05) is 0 Å². The molecule has 0 saturated carbocycles. The molecule has 1 aliphatic heterocycles. The van der Waals surface area contributed by atoms with Crippen molar-refractivity contribution in [1.29, 1.82) is 0 Å². The van der Waals surface area contributed by atoms with Gasteiger partial charge in [0.05, 0.1) is 12.7 Å². The molecule has 4 heteroatoms. The van der Waals surface area contributed by atoms with Gasteiger partial charge in [-0.2, -0.15) is 0 Å². The molecular formula is C11H13F2NO. The van der Waals surface area contributed by atoms with Gasteiger partial charge in [0.1, 0.15) is 11.6 Å². The molecule has 1 N–H and O–H groups in total. The highest BCUT2D eigenvalue weighted by atomic mass is 19.1. The molecule has 0 saturated heterocycles. The van der Waals surface area contributed by atoms with E-state index in [9.17, 15) is 8.78 Å². The number of fused-ring (bicyclic) bond motifs is 1. The lowest BCUT2D eigenvalue weighted by molar-refractivity contribution is 0.0399. The zero-order chi connectivity index (χ0) is 10.8. The van der Waals surface area contributed by atoms with Gasteiger partial charge >= 0.3 is 0 Å². The molecule has 1 heterocycles. The first kappa shape index (κ1) is 10.5. The smallest absolute Gasteiger partial charge is 0.129 e. The number of likely N-dealkylation sites (N-methyl/N-ethyl adjacent to an activating group) is 1. The average molecular weight is 213 g/mol. The maximum absolute atomic E-state index is 13.6. The van der Waals surface area contributed by atoms with E-state index in [0.717, 1.165) is 6.07 Å². The molecule has 15 heavy (non-hydrogen) atoms. The van der Waals surface area contributed by atoms with Crippen LogP contribution in [0, 0.1) is 11.6 Å². The molecule has 1 aromatic carbocycles. The number of hydrogen-bond acceptors (Lipinski definition) is 2. The van der Waals surface area contributed by atoms with Gasteiger partial charge in [0.2, 0.25) is 0 Å². The summed E-state index contributed by atoms with van der Waals surface area (Å²) in [4.78, 5) is 0. The second-order valence-corrected chi connectivity index (χ2v) is 3.59. The maximum Gasteiger partial charge on any atom is 0.129 e. The molecule has 0 amide bonds. The second-order valence-electron chi connectivity index (χ2n) is 3.59. The molecule has 0 bridgehead atoms. The fraction of sp³-hybridized carbons (Fsp3) is 0.455. The van der Waals surface area contributed by atoms with Gasteiger partial charge < -0.3 is 10.1 Å². The molecule has 2 nitrogen and oxygen atoms in total. The molecule has 1 aromatic rings. The maximum atomic E-state index is 13.6. The van der Waals surface area contributed by atoms with Crippen molar-refractivity contribution in [1.82, 2.24) is 5.32 Å². The van der Waals surface area contributed by atoms with Crippen molar-refractivity contribution in [3.63, 3.8) is 0 Å². The predicted molar refractivity (Wildman–Crippen MR) is 52.7 cm³/mol. The van der Waals surface area contributed by atoms with Crippen molar-refractivity contribution >= 4 is 0 Å². The molecule has 0 spiro atoms. The summed E-state index contributed by atoms with van der Waals surface area (Å²) in [7, 11) is 1.76. The third-order valence-corrected chi connectivity index (χ3v) is 2.63. The number of hydrogen-bond donors (Lipinski definition) is 1. The van der Waals surface area contributed by atoms with Crippen molar-refractivity contribution < 1.29 is 13.5 Å². The minimum absolute atomic E-state index is 0.337. The van der Waals surface area contributed by atoms with Crippen LogP contribution in [0.25, 0.3) is 0 Å². The van der Waals surface area contributed by atoms with Gasteiger partial charge in [0, 0.05) is 12.1 Å². The molecule has 0 aromatic heterocycles. The summed E-state index contributed by atoms with van der Waals surface area (Å²) in [6.07, 6.45) is 0.0635. The third-order valence-electron chi connectivity index (χ3n) is 2.63. The van der Waals surface area contributed by atoms with Gasteiger partial charge in [-0.05, 0) is 31.2 Å². The Hall–Kier alpha value is -1.00. The van der Waals surface area contributed by atoms with E-state index in [-0.39, 0.29) is 17.7 Å². The Bertz CT molecular complexity index is 368. The van der Waals surface area contributed by atoms with Gasteiger partial charge in [-0.3, -0.25) is 0 Å². The van der Waals surface area contributed by atoms with Crippen LogP contribution in [0.2, 0.25) is 0 Å². The molecule has 0 unspecified atom stereocenters. The van der Waals surface area contributed by atoms with E-state index in [1.165, 1.54) is 6.07 Å². The summed E-state index contributed by atoms with van der Waals surface area (Å²) in [5.41, 5.74) is 0.831. The van der Waals surface area contributed by atoms with Crippen LogP contribution < -0.4 is 5.32 Å². The minimum atomic E-state index is -0.383. The van der Waals surface area contributed by atoms with E-state index in [2.05, 4.69) is 5.32 Å². The van der Waals surface area contributed by atoms with E-state index < -0.39 is 0 Å². The van der Waals surface area contributed by atoms with E-state index in [0.29, 0.717) is 30.7 Å². The monoisotopic (exact) mass is 213 g/mol. The topological polar surface area (TPSA) is 21.3 Å². The lowest BCUT2D eigenvalue weighted by Crippen LogP contribution is -2.27. The van der Waals surface area contributed by atoms with Crippen molar-refractivity contribution in [2.45, 2.75) is 12.5 Å². The number of ether oxygens (including phenoxy) is 1. The van der Waals surface area contributed by atoms with Gasteiger partial charge in [0.25, 0.3) is 0 Å². The molecule has 1 aliphatic rings. The molecule has 0 aliphatic carbocycles. The van der Waals surface area contributed by atoms with Crippen molar-refractivity contribution in [3.05, 3.63) is 34.9 Å². The van der Waals surface area contributed by atoms with Gasteiger partial charge in [0.15, 0.2) is 0 Å². The molecule has 82 valence electrons. The van der Waals surface area contributed by atoms with Crippen LogP contribution >= 0.6 is 0 Å². The van der Waals surface area contributed by atoms with Crippen LogP contribution in [-0.4, -0.2) is 20.2 Å². The van der Waals surface area contributed by atoms with Crippen molar-refractivity contribution in [3.8, 4) is 0 Å². The van der Waals surface area contributed by atoms with Gasteiger partial charge in [-0.15, -0.1) is 0 Å². The normalized spacial score (nSPS) is 20.1. The summed E-state index contributed by atoms with van der Waals surface area (Å²) in [5, 5.41) is 2.91. The fourth-order valence-corrected chi connectivity index (χ4v) is 1.94.